The van der Waals surface area contributed by atoms with Crippen molar-refractivity contribution in [3.05, 3.63) is 279 Å². The molecular weight excluding hydrogens is 1230 g/mol. The molecule has 100 heavy (non-hydrogen) atoms. The molecule has 0 radical (unpaired) electrons. The van der Waals surface area contributed by atoms with Gasteiger partial charge in [0.15, 0.2) is 0 Å². The molecule has 4 aromatic heterocycles. The maximum Gasteiger partial charge on any atom is 0.108 e. The molecule has 9 aromatic carbocycles. The van der Waals surface area contributed by atoms with E-state index < -0.39 is 0 Å². The van der Waals surface area contributed by atoms with E-state index in [2.05, 4.69) is 356 Å². The van der Waals surface area contributed by atoms with E-state index in [0.29, 0.717) is 5.41 Å². The van der Waals surface area contributed by atoms with Gasteiger partial charge in [-0.15, -0.1) is 0 Å². The molecular formula is C93H112N6S. The van der Waals surface area contributed by atoms with Crippen molar-refractivity contribution in [3.63, 3.8) is 0 Å². The van der Waals surface area contributed by atoms with Gasteiger partial charge in [-0.1, -0.05) is 309 Å². The number of rotatable bonds is 0. The molecule has 15 rings (SSSR count). The number of hydrogen-bond donors (Lipinski definition) is 1. The Hall–Kier alpha value is -8.65. The Kier molecular flexibility index (Phi) is 23.5. The van der Waals surface area contributed by atoms with Gasteiger partial charge in [0.25, 0.3) is 0 Å². The van der Waals surface area contributed by atoms with Crippen LogP contribution in [-0.2, 0) is 57.2 Å². The van der Waals surface area contributed by atoms with Crippen molar-refractivity contribution in [2.45, 2.75) is 222 Å². The Morgan fingerprint density at radius 3 is 1.52 bits per heavy atom. The van der Waals surface area contributed by atoms with Crippen LogP contribution in [0.3, 0.4) is 0 Å². The van der Waals surface area contributed by atoms with Crippen LogP contribution < -0.4 is 0 Å². The Bertz CT molecular complexity index is 4860. The second kappa shape index (κ2) is 31.1. The quantitative estimate of drug-likeness (QED) is 0.164. The van der Waals surface area contributed by atoms with Crippen molar-refractivity contribution in [1.29, 1.82) is 0 Å². The molecule has 0 saturated carbocycles. The molecule has 520 valence electrons. The minimum Gasteiger partial charge on any atom is -0.278 e. The lowest BCUT2D eigenvalue weighted by atomic mass is 9.78. The van der Waals surface area contributed by atoms with E-state index in [0.717, 1.165) is 39.7 Å². The molecule has 7 heteroatoms. The summed E-state index contributed by atoms with van der Waals surface area (Å²) in [5.74, 6) is 0. The van der Waals surface area contributed by atoms with E-state index in [-0.39, 0.29) is 32.5 Å². The van der Waals surface area contributed by atoms with Crippen molar-refractivity contribution in [1.82, 2.24) is 28.9 Å². The van der Waals surface area contributed by atoms with Gasteiger partial charge in [-0.3, -0.25) is 15.1 Å². The summed E-state index contributed by atoms with van der Waals surface area (Å²) in [4.78, 5) is 9.00. The molecule has 0 saturated heterocycles. The predicted molar refractivity (Wildman–Crippen MR) is 434 cm³/mol. The topological polar surface area (TPSA) is 80.2 Å². The van der Waals surface area contributed by atoms with Gasteiger partial charge in [-0.25, -0.2) is 0 Å². The number of fused-ring (bicyclic) bond motifs is 9. The summed E-state index contributed by atoms with van der Waals surface area (Å²) in [5, 5.41) is 13.3. The third-order valence-corrected chi connectivity index (χ3v) is 19.5. The average Bonchev–Trinajstić information content (AvgIpc) is 1.60. The van der Waals surface area contributed by atoms with Gasteiger partial charge in [0, 0.05) is 28.0 Å². The van der Waals surface area contributed by atoms with Gasteiger partial charge in [0.2, 0.25) is 0 Å². The molecule has 2 aliphatic rings. The predicted octanol–water partition coefficient (Wildman–Crippen LogP) is 25.8. The zero-order valence-electron chi connectivity index (χ0n) is 64.4. The number of pyridine rings is 2. The lowest BCUT2D eigenvalue weighted by Crippen LogP contribution is -2.17. The standard InChI is InChI=1S/C17H18.C14H17N.C14H20.C14H16.C13H15N.C11H14N2.C10H12N2S/c1-17(2,3)16-10-6-9-14-13-8-5-4-7-12(13)11-15(14)16;1-10-8-9-11-6-5-7-12(13(11)15-10)14(2,3)4;1-14(2,3)13-10-6-8-11-7-4-5-9-12(11)13;1-14(2,3)13-9-8-11-6-4-5-7-12(11)10-13;1-13(2,3)11-7-4-8-12-10(11)6-5-9-14-12;1-11(2,3)9-4-5-10-8(6-9)7-12-13-10;1-10(2,3)7-5-4-6-8-9(7)12-13-11-8/h4-10H,11H2,1-3H3;5-9H,1-4H3;6,8,10H,4-5,7,9H2,1-3H3;4-10H,1-3H3;4-9H,1-3H3;4-7H,1-3H3,(H,12,13);4-6H,1-3H3. The number of aryl methyl sites for hydroxylation is 2. The monoisotopic (exact) mass is 1340 g/mol. The largest absolute Gasteiger partial charge is 0.278 e. The number of nitrogens with one attached hydrogen (secondary N) is 1. The van der Waals surface area contributed by atoms with Crippen molar-refractivity contribution >= 4 is 66.2 Å². The van der Waals surface area contributed by atoms with Crippen LogP contribution in [0.1, 0.15) is 225 Å². The smallest absolute Gasteiger partial charge is 0.108 e. The van der Waals surface area contributed by atoms with E-state index in [4.69, 9.17) is 0 Å². The van der Waals surface area contributed by atoms with Gasteiger partial charge >= 0.3 is 0 Å². The van der Waals surface area contributed by atoms with E-state index in [1.807, 2.05) is 37.5 Å². The summed E-state index contributed by atoms with van der Waals surface area (Å²) in [5.41, 5.74) is 26.8. The van der Waals surface area contributed by atoms with Crippen molar-refractivity contribution in [2.75, 3.05) is 0 Å². The maximum atomic E-state index is 4.64. The molecule has 4 heterocycles. The number of aromatic amines is 1. The molecule has 0 atom stereocenters. The Labute approximate surface area is 604 Å². The Morgan fingerprint density at radius 1 is 0.360 bits per heavy atom. The average molecular weight is 1350 g/mol. The molecule has 0 spiro atoms. The number of hydrogen-bond acceptors (Lipinski definition) is 6. The van der Waals surface area contributed by atoms with E-state index in [1.165, 1.54) is 120 Å². The van der Waals surface area contributed by atoms with Crippen LogP contribution in [0.15, 0.2) is 213 Å². The molecule has 13 aromatic rings. The highest BCUT2D eigenvalue weighted by Crippen LogP contribution is 2.42. The second-order valence-electron chi connectivity index (χ2n) is 34.4. The van der Waals surface area contributed by atoms with Crippen molar-refractivity contribution in [2.24, 2.45) is 0 Å². The van der Waals surface area contributed by atoms with Crippen LogP contribution in [-0.4, -0.2) is 28.9 Å². The summed E-state index contributed by atoms with van der Waals surface area (Å²) in [6.07, 6.45) is 10.1. The number of nitrogens with zero attached hydrogens (tertiary/aromatic N) is 5. The summed E-state index contributed by atoms with van der Waals surface area (Å²) in [6.45, 7) is 49.2. The van der Waals surface area contributed by atoms with Crippen LogP contribution in [0.5, 0.6) is 0 Å². The normalized spacial score (nSPS) is 12.9. The van der Waals surface area contributed by atoms with Gasteiger partial charge in [0.05, 0.1) is 34.5 Å². The summed E-state index contributed by atoms with van der Waals surface area (Å²) < 4.78 is 8.54. The highest BCUT2D eigenvalue weighted by Gasteiger charge is 2.27. The summed E-state index contributed by atoms with van der Waals surface area (Å²) >= 11 is 1.28. The Morgan fingerprint density at radius 2 is 0.860 bits per heavy atom. The first kappa shape index (κ1) is 75.5. The first-order chi connectivity index (χ1) is 47.0. The Balaban J connectivity index is 0.000000136. The van der Waals surface area contributed by atoms with Crippen molar-refractivity contribution in [3.8, 4) is 11.1 Å². The number of H-pyrrole nitrogens is 1. The van der Waals surface area contributed by atoms with E-state index in [1.54, 1.807) is 16.7 Å². The number of aromatic nitrogens is 6. The van der Waals surface area contributed by atoms with Crippen LogP contribution in [0, 0.1) is 6.92 Å². The molecule has 0 unspecified atom stereocenters. The maximum absolute atomic E-state index is 4.64. The zero-order chi connectivity index (χ0) is 72.6. The van der Waals surface area contributed by atoms with E-state index >= 15 is 0 Å². The van der Waals surface area contributed by atoms with Gasteiger partial charge in [-0.05, 0) is 196 Å². The lowest BCUT2D eigenvalue weighted by molar-refractivity contribution is 0.568. The SMILES string of the molecule is CC(C)(C)c1ccc2[nH]ncc2c1.CC(C)(C)c1ccc2ccccc2c1.CC(C)(C)c1cccc2c1CCCC2.CC(C)(C)c1cccc2c1Cc1ccccc1-2.CC(C)(C)c1cccc2ncccc12.CC(C)(C)c1cccc2nsnc12.Cc1ccc2cccc(C(C)(C)C)c2n1. The molecule has 0 aliphatic heterocycles. The molecule has 1 N–H and O–H groups in total. The minimum atomic E-state index is 0.148. The first-order valence-corrected chi connectivity index (χ1v) is 36.9. The fraction of sp³-hybridized carbons (Fsp3) is 0.366. The van der Waals surface area contributed by atoms with Crippen LogP contribution in [0.4, 0.5) is 0 Å². The first-order valence-electron chi connectivity index (χ1n) is 36.1. The summed E-state index contributed by atoms with van der Waals surface area (Å²) in [6, 6.07) is 71.3. The number of benzene rings is 9. The van der Waals surface area contributed by atoms with Gasteiger partial charge in [-0.2, -0.15) is 13.8 Å². The number of para-hydroxylation sites is 1. The van der Waals surface area contributed by atoms with Crippen LogP contribution in [0.25, 0.3) is 65.6 Å². The molecule has 0 fully saturated rings. The van der Waals surface area contributed by atoms with Crippen molar-refractivity contribution < 1.29 is 0 Å². The minimum absolute atomic E-state index is 0.148. The molecule has 2 aliphatic carbocycles. The summed E-state index contributed by atoms with van der Waals surface area (Å²) in [7, 11) is 0. The third kappa shape index (κ3) is 19.2. The lowest BCUT2D eigenvalue weighted by Gasteiger charge is -2.27. The van der Waals surface area contributed by atoms with Gasteiger partial charge in [0.1, 0.15) is 11.0 Å². The molecule has 0 amide bonds. The van der Waals surface area contributed by atoms with Crippen LogP contribution in [0.2, 0.25) is 0 Å². The third-order valence-electron chi connectivity index (χ3n) is 19.0. The zero-order valence-corrected chi connectivity index (χ0v) is 65.2. The highest BCUT2D eigenvalue weighted by molar-refractivity contribution is 7.00. The molecule has 6 nitrogen and oxygen atoms in total. The fourth-order valence-electron chi connectivity index (χ4n) is 13.4. The molecule has 0 bridgehead atoms. The van der Waals surface area contributed by atoms with Gasteiger partial charge < -0.3 is 0 Å². The fourth-order valence-corrected chi connectivity index (χ4v) is 14.0. The van der Waals surface area contributed by atoms with Crippen LogP contribution >= 0.6 is 11.7 Å². The van der Waals surface area contributed by atoms with E-state index in [9.17, 15) is 0 Å². The second-order valence-corrected chi connectivity index (χ2v) is 35.0. The highest BCUT2D eigenvalue weighted by atomic mass is 32.1.